The van der Waals surface area contributed by atoms with Crippen molar-refractivity contribution in [2.75, 3.05) is 13.7 Å². The second-order valence-corrected chi connectivity index (χ2v) is 5.73. The van der Waals surface area contributed by atoms with Crippen LogP contribution in [0.5, 0.6) is 11.5 Å². The Hall–Kier alpha value is -3.25. The number of hydrogen-bond donors (Lipinski definition) is 2. The fourth-order valence-corrected chi connectivity index (χ4v) is 2.19. The van der Waals surface area contributed by atoms with E-state index in [4.69, 9.17) is 21.1 Å². The highest BCUT2D eigenvalue weighted by Gasteiger charge is 2.06. The zero-order valence-electron chi connectivity index (χ0n) is 14.7. The highest BCUT2D eigenvalue weighted by atomic mass is 35.5. The summed E-state index contributed by atoms with van der Waals surface area (Å²) in [6, 6.07) is 11.5. The van der Waals surface area contributed by atoms with E-state index in [0.29, 0.717) is 28.7 Å². The lowest BCUT2D eigenvalue weighted by molar-refractivity contribution is -0.117. The first kappa shape index (κ1) is 20.1. The van der Waals surface area contributed by atoms with E-state index in [1.807, 2.05) is 0 Å². The van der Waals surface area contributed by atoms with Crippen LogP contribution in [0.4, 0.5) is 0 Å². The first-order chi connectivity index (χ1) is 13.0. The Morgan fingerprint density at radius 3 is 2.52 bits per heavy atom. The van der Waals surface area contributed by atoms with Crippen LogP contribution in [0, 0.1) is 0 Å². The number of hydrogen-bond acceptors (Lipinski definition) is 4. The first-order valence-corrected chi connectivity index (χ1v) is 8.37. The predicted molar refractivity (Wildman–Crippen MR) is 105 cm³/mol. The Balaban J connectivity index is 1.92. The van der Waals surface area contributed by atoms with Gasteiger partial charge in [0.2, 0.25) is 0 Å². The third-order valence-corrected chi connectivity index (χ3v) is 3.63. The SMILES string of the molecule is C=CCOc1ccc(/C=C/C(=O)NNC(=O)c2ccc(Cl)cc2)cc1OC. The summed E-state index contributed by atoms with van der Waals surface area (Å²) < 4.78 is 10.7. The van der Waals surface area contributed by atoms with Gasteiger partial charge in [-0.3, -0.25) is 20.4 Å². The predicted octanol–water partition coefficient (Wildman–Crippen LogP) is 3.39. The molecule has 0 aliphatic heterocycles. The lowest BCUT2D eigenvalue weighted by Crippen LogP contribution is -2.40. The van der Waals surface area contributed by atoms with Crippen molar-refractivity contribution in [2.24, 2.45) is 0 Å². The van der Waals surface area contributed by atoms with Crippen molar-refractivity contribution in [1.29, 1.82) is 0 Å². The van der Waals surface area contributed by atoms with E-state index < -0.39 is 11.8 Å². The molecule has 2 N–H and O–H groups in total. The van der Waals surface area contributed by atoms with E-state index in [0.717, 1.165) is 5.56 Å². The molecule has 0 saturated heterocycles. The zero-order chi connectivity index (χ0) is 19.6. The van der Waals surface area contributed by atoms with Crippen LogP contribution in [0.15, 0.2) is 61.2 Å². The van der Waals surface area contributed by atoms with Gasteiger partial charge in [-0.25, -0.2) is 0 Å². The van der Waals surface area contributed by atoms with E-state index in [1.54, 1.807) is 54.6 Å². The van der Waals surface area contributed by atoms with Crippen LogP contribution in [0.1, 0.15) is 15.9 Å². The second-order valence-electron chi connectivity index (χ2n) is 5.29. The Kier molecular flexibility index (Phi) is 7.46. The van der Waals surface area contributed by atoms with E-state index in [2.05, 4.69) is 17.4 Å². The van der Waals surface area contributed by atoms with Crippen molar-refractivity contribution in [3.63, 3.8) is 0 Å². The lowest BCUT2D eigenvalue weighted by Gasteiger charge is -2.09. The fraction of sp³-hybridized carbons (Fsp3) is 0.100. The Bertz CT molecular complexity index is 848. The molecule has 7 heteroatoms. The van der Waals surface area contributed by atoms with Crippen molar-refractivity contribution in [2.45, 2.75) is 0 Å². The van der Waals surface area contributed by atoms with E-state index in [9.17, 15) is 9.59 Å². The molecular formula is C20H19ClN2O4. The van der Waals surface area contributed by atoms with Gasteiger partial charge in [-0.05, 0) is 48.0 Å². The van der Waals surface area contributed by atoms with Gasteiger partial charge in [-0.1, -0.05) is 30.3 Å². The third kappa shape index (κ3) is 6.20. The molecule has 0 aliphatic carbocycles. The van der Waals surface area contributed by atoms with E-state index in [-0.39, 0.29) is 0 Å². The summed E-state index contributed by atoms with van der Waals surface area (Å²) in [5.41, 5.74) is 5.74. The number of ether oxygens (including phenoxy) is 2. The molecule has 0 bridgehead atoms. The minimum atomic E-state index is -0.483. The quantitative estimate of drug-likeness (QED) is 0.434. The van der Waals surface area contributed by atoms with E-state index >= 15 is 0 Å². The van der Waals surface area contributed by atoms with Gasteiger partial charge in [0.25, 0.3) is 11.8 Å². The molecule has 2 aromatic rings. The van der Waals surface area contributed by atoms with Crippen LogP contribution in [0.2, 0.25) is 5.02 Å². The summed E-state index contributed by atoms with van der Waals surface area (Å²) in [5.74, 6) is 0.187. The fourth-order valence-electron chi connectivity index (χ4n) is 2.06. The number of amides is 2. The monoisotopic (exact) mass is 386 g/mol. The average molecular weight is 387 g/mol. The molecule has 0 spiro atoms. The molecule has 2 amide bonds. The van der Waals surface area contributed by atoms with Gasteiger partial charge in [0.05, 0.1) is 7.11 Å². The maximum absolute atomic E-state index is 11.9. The van der Waals surface area contributed by atoms with Crippen LogP contribution in [-0.2, 0) is 4.79 Å². The summed E-state index contributed by atoms with van der Waals surface area (Å²) in [5, 5.41) is 0.523. The highest BCUT2D eigenvalue weighted by Crippen LogP contribution is 2.28. The standard InChI is InChI=1S/C20H19ClN2O4/c1-3-12-27-17-10-4-14(13-18(17)26-2)5-11-19(24)22-23-20(25)15-6-8-16(21)9-7-15/h3-11,13H,1,12H2,2H3,(H,22,24)(H,23,25)/b11-5+. The molecule has 2 rings (SSSR count). The van der Waals surface area contributed by atoms with Gasteiger partial charge in [0.15, 0.2) is 11.5 Å². The third-order valence-electron chi connectivity index (χ3n) is 3.38. The molecule has 0 saturated carbocycles. The molecule has 0 aliphatic rings. The van der Waals surface area contributed by atoms with Crippen molar-refractivity contribution in [3.05, 3.63) is 77.3 Å². The minimum absolute atomic E-state index is 0.362. The molecule has 27 heavy (non-hydrogen) atoms. The van der Waals surface area contributed by atoms with Crippen LogP contribution >= 0.6 is 11.6 Å². The Morgan fingerprint density at radius 2 is 1.85 bits per heavy atom. The number of nitrogens with one attached hydrogen (secondary N) is 2. The normalized spacial score (nSPS) is 10.3. The lowest BCUT2D eigenvalue weighted by atomic mass is 10.2. The number of methoxy groups -OCH3 is 1. The smallest absolute Gasteiger partial charge is 0.269 e. The van der Waals surface area contributed by atoms with Crippen LogP contribution in [0.3, 0.4) is 0 Å². The molecule has 0 fully saturated rings. The maximum Gasteiger partial charge on any atom is 0.269 e. The van der Waals surface area contributed by atoms with Crippen LogP contribution < -0.4 is 20.3 Å². The number of carbonyl (C=O) groups is 2. The van der Waals surface area contributed by atoms with Gasteiger partial charge >= 0.3 is 0 Å². The molecule has 2 aromatic carbocycles. The molecular weight excluding hydrogens is 368 g/mol. The van der Waals surface area contributed by atoms with Crippen molar-refractivity contribution < 1.29 is 19.1 Å². The molecule has 6 nitrogen and oxygen atoms in total. The maximum atomic E-state index is 11.9. The first-order valence-electron chi connectivity index (χ1n) is 7.99. The van der Waals surface area contributed by atoms with Gasteiger partial charge in [0.1, 0.15) is 6.61 Å². The number of hydrazine groups is 1. The molecule has 0 radical (unpaired) electrons. The Labute approximate surface area is 162 Å². The molecule has 140 valence electrons. The Morgan fingerprint density at radius 1 is 1.11 bits per heavy atom. The largest absolute Gasteiger partial charge is 0.493 e. The molecule has 0 aromatic heterocycles. The summed E-state index contributed by atoms with van der Waals surface area (Å²) in [6.45, 7) is 3.96. The summed E-state index contributed by atoms with van der Waals surface area (Å²) in [4.78, 5) is 23.8. The van der Waals surface area contributed by atoms with Crippen LogP contribution in [-0.4, -0.2) is 25.5 Å². The van der Waals surface area contributed by atoms with Gasteiger partial charge in [-0.2, -0.15) is 0 Å². The minimum Gasteiger partial charge on any atom is -0.493 e. The van der Waals surface area contributed by atoms with Crippen LogP contribution in [0.25, 0.3) is 6.08 Å². The van der Waals surface area contributed by atoms with Gasteiger partial charge in [-0.15, -0.1) is 0 Å². The number of halogens is 1. The number of benzene rings is 2. The van der Waals surface area contributed by atoms with E-state index in [1.165, 1.54) is 13.2 Å². The summed E-state index contributed by atoms with van der Waals surface area (Å²) in [6.07, 6.45) is 4.51. The number of carbonyl (C=O) groups excluding carboxylic acids is 2. The molecule has 0 heterocycles. The summed E-state index contributed by atoms with van der Waals surface area (Å²) >= 11 is 5.77. The van der Waals surface area contributed by atoms with Gasteiger partial charge < -0.3 is 9.47 Å². The van der Waals surface area contributed by atoms with Crippen molar-refractivity contribution >= 4 is 29.5 Å². The summed E-state index contributed by atoms with van der Waals surface area (Å²) in [7, 11) is 1.53. The van der Waals surface area contributed by atoms with Crippen molar-refractivity contribution in [1.82, 2.24) is 10.9 Å². The zero-order valence-corrected chi connectivity index (χ0v) is 15.5. The molecule has 0 unspecified atom stereocenters. The number of rotatable bonds is 7. The average Bonchev–Trinajstić information content (AvgIpc) is 2.69. The van der Waals surface area contributed by atoms with Gasteiger partial charge in [0, 0.05) is 16.7 Å². The second kappa shape index (κ2) is 10.0. The molecule has 0 atom stereocenters. The van der Waals surface area contributed by atoms with Crippen molar-refractivity contribution in [3.8, 4) is 11.5 Å². The highest BCUT2D eigenvalue weighted by molar-refractivity contribution is 6.30. The topological polar surface area (TPSA) is 76.7 Å².